The third-order valence-corrected chi connectivity index (χ3v) is 5.60. The Morgan fingerprint density at radius 3 is 2.07 bits per heavy atom. The quantitative estimate of drug-likeness (QED) is 0.235. The third kappa shape index (κ3) is 11.9. The van der Waals surface area contributed by atoms with E-state index in [4.69, 9.17) is 9.47 Å². The molecule has 4 nitrogen and oxygen atoms in total. The summed E-state index contributed by atoms with van der Waals surface area (Å²) in [4.78, 5) is 13.9. The van der Waals surface area contributed by atoms with Crippen LogP contribution in [0.1, 0.15) is 84.1 Å². The predicted molar refractivity (Wildman–Crippen MR) is 122 cm³/mol. The second-order valence-electron chi connectivity index (χ2n) is 7.91. The molecule has 1 rings (SSSR count). The van der Waals surface area contributed by atoms with Gasteiger partial charge in [-0.3, -0.25) is 4.79 Å². The van der Waals surface area contributed by atoms with Crippen molar-refractivity contribution in [3.8, 4) is 5.75 Å². The highest BCUT2D eigenvalue weighted by Gasteiger charge is 2.12. The second kappa shape index (κ2) is 16.3. The van der Waals surface area contributed by atoms with Crippen molar-refractivity contribution >= 4 is 5.97 Å². The molecule has 4 heteroatoms. The summed E-state index contributed by atoms with van der Waals surface area (Å²) in [6.07, 6.45) is 11.5. The van der Waals surface area contributed by atoms with Gasteiger partial charge < -0.3 is 14.4 Å². The second-order valence-corrected chi connectivity index (χ2v) is 7.91. The molecule has 1 unspecified atom stereocenters. The van der Waals surface area contributed by atoms with Gasteiger partial charge in [-0.2, -0.15) is 0 Å². The van der Waals surface area contributed by atoms with Gasteiger partial charge in [-0.05, 0) is 63.9 Å². The molecular weight excluding hydrogens is 362 g/mol. The maximum absolute atomic E-state index is 11.3. The van der Waals surface area contributed by atoms with Crippen LogP contribution in [0.4, 0.5) is 0 Å². The number of carbonyl (C=O) groups is 1. The first-order valence-electron chi connectivity index (χ1n) is 11.6. The monoisotopic (exact) mass is 405 g/mol. The van der Waals surface area contributed by atoms with Crippen molar-refractivity contribution in [3.05, 3.63) is 29.8 Å². The lowest BCUT2D eigenvalue weighted by molar-refractivity contribution is -0.143. The average Bonchev–Trinajstić information content (AvgIpc) is 2.72. The molecule has 0 aliphatic rings. The molecule has 29 heavy (non-hydrogen) atoms. The van der Waals surface area contributed by atoms with Gasteiger partial charge >= 0.3 is 5.97 Å². The number of nitrogens with zero attached hydrogens (tertiary/aromatic N) is 1. The number of hydrogen-bond acceptors (Lipinski definition) is 4. The lowest BCUT2D eigenvalue weighted by atomic mass is 10.0. The average molecular weight is 406 g/mol. The standard InChI is InChI=1S/C25H43NO3/c1-5-26(22(3)21-23-16-18-24(28-4)19-17-23)20-14-12-10-8-7-9-11-13-15-25(27)29-6-2/h16-19,22H,5-15,20-21H2,1-4H3. The fourth-order valence-corrected chi connectivity index (χ4v) is 3.80. The Hall–Kier alpha value is -1.55. The number of rotatable bonds is 17. The summed E-state index contributed by atoms with van der Waals surface area (Å²) in [7, 11) is 1.71. The van der Waals surface area contributed by atoms with Crippen molar-refractivity contribution in [1.29, 1.82) is 0 Å². The number of ether oxygens (including phenoxy) is 2. The highest BCUT2D eigenvalue weighted by Crippen LogP contribution is 2.16. The number of unbranched alkanes of at least 4 members (excludes halogenated alkanes) is 7. The van der Waals surface area contributed by atoms with E-state index in [1.54, 1.807) is 7.11 Å². The number of carbonyl (C=O) groups excluding carboxylic acids is 1. The van der Waals surface area contributed by atoms with Gasteiger partial charge in [0.1, 0.15) is 5.75 Å². The van der Waals surface area contributed by atoms with E-state index in [9.17, 15) is 4.79 Å². The summed E-state index contributed by atoms with van der Waals surface area (Å²) in [6, 6.07) is 9.02. The summed E-state index contributed by atoms with van der Waals surface area (Å²) >= 11 is 0. The van der Waals surface area contributed by atoms with Gasteiger partial charge in [-0.25, -0.2) is 0 Å². The Bertz CT molecular complexity index is 529. The van der Waals surface area contributed by atoms with Crippen molar-refractivity contribution in [3.63, 3.8) is 0 Å². The molecule has 0 amide bonds. The molecule has 0 spiro atoms. The lowest BCUT2D eigenvalue weighted by Gasteiger charge is -2.28. The van der Waals surface area contributed by atoms with Crippen molar-refractivity contribution < 1.29 is 14.3 Å². The van der Waals surface area contributed by atoms with Crippen LogP contribution in [0.2, 0.25) is 0 Å². The van der Waals surface area contributed by atoms with Crippen molar-refractivity contribution in [1.82, 2.24) is 4.90 Å². The first kappa shape index (κ1) is 25.5. The predicted octanol–water partition coefficient (Wildman–Crippen LogP) is 6.02. The van der Waals surface area contributed by atoms with E-state index in [0.717, 1.165) is 31.6 Å². The van der Waals surface area contributed by atoms with Crippen LogP contribution in [0.25, 0.3) is 0 Å². The summed E-state index contributed by atoms with van der Waals surface area (Å²) < 4.78 is 10.2. The molecule has 0 heterocycles. The molecule has 0 bridgehead atoms. The van der Waals surface area contributed by atoms with Gasteiger partial charge in [-0.1, -0.05) is 57.6 Å². The van der Waals surface area contributed by atoms with Gasteiger partial charge in [-0.15, -0.1) is 0 Å². The highest BCUT2D eigenvalue weighted by atomic mass is 16.5. The van der Waals surface area contributed by atoms with E-state index in [0.29, 0.717) is 19.1 Å². The largest absolute Gasteiger partial charge is 0.497 e. The Morgan fingerprint density at radius 2 is 1.52 bits per heavy atom. The zero-order chi connectivity index (χ0) is 21.3. The van der Waals surface area contributed by atoms with Crippen molar-refractivity contribution in [2.24, 2.45) is 0 Å². The van der Waals surface area contributed by atoms with Crippen LogP contribution in [0, 0.1) is 0 Å². The minimum Gasteiger partial charge on any atom is -0.497 e. The molecule has 1 atom stereocenters. The lowest BCUT2D eigenvalue weighted by Crippen LogP contribution is -2.35. The Labute approximate surface area is 179 Å². The molecule has 0 aromatic heterocycles. The fraction of sp³-hybridized carbons (Fsp3) is 0.720. The van der Waals surface area contributed by atoms with Crippen molar-refractivity contribution in [2.45, 2.75) is 91.0 Å². The molecule has 0 aliphatic carbocycles. The minimum absolute atomic E-state index is 0.0470. The summed E-state index contributed by atoms with van der Waals surface area (Å²) in [6.45, 7) is 9.25. The van der Waals surface area contributed by atoms with Crippen LogP contribution >= 0.6 is 0 Å². The third-order valence-electron chi connectivity index (χ3n) is 5.60. The van der Waals surface area contributed by atoms with Gasteiger partial charge in [0.25, 0.3) is 0 Å². The van der Waals surface area contributed by atoms with Gasteiger partial charge in [0.2, 0.25) is 0 Å². The zero-order valence-electron chi connectivity index (χ0n) is 19.3. The SMILES string of the molecule is CCOC(=O)CCCCCCCCCCN(CC)C(C)Cc1ccc(OC)cc1. The van der Waals surface area contributed by atoms with E-state index in [-0.39, 0.29) is 5.97 Å². The smallest absolute Gasteiger partial charge is 0.305 e. The molecule has 0 N–H and O–H groups in total. The zero-order valence-corrected chi connectivity index (χ0v) is 19.3. The normalized spacial score (nSPS) is 12.2. The molecule has 0 saturated heterocycles. The van der Waals surface area contributed by atoms with E-state index >= 15 is 0 Å². The Kier molecular flexibility index (Phi) is 14.3. The molecular formula is C25H43NO3. The van der Waals surface area contributed by atoms with Crippen LogP contribution in [-0.4, -0.2) is 43.7 Å². The van der Waals surface area contributed by atoms with Crippen LogP contribution in [0.5, 0.6) is 5.75 Å². The fourth-order valence-electron chi connectivity index (χ4n) is 3.80. The maximum Gasteiger partial charge on any atom is 0.305 e. The van der Waals surface area contributed by atoms with Crippen molar-refractivity contribution in [2.75, 3.05) is 26.8 Å². The molecule has 1 aromatic carbocycles. The highest BCUT2D eigenvalue weighted by molar-refractivity contribution is 5.69. The summed E-state index contributed by atoms with van der Waals surface area (Å²) in [5.41, 5.74) is 1.37. The van der Waals surface area contributed by atoms with Crippen LogP contribution in [-0.2, 0) is 16.0 Å². The number of hydrogen-bond donors (Lipinski definition) is 0. The van der Waals surface area contributed by atoms with E-state index in [2.05, 4.69) is 43.0 Å². The molecule has 0 aliphatic heterocycles. The molecule has 166 valence electrons. The minimum atomic E-state index is -0.0470. The molecule has 0 fully saturated rings. The number of esters is 1. The van der Waals surface area contributed by atoms with Gasteiger partial charge in [0, 0.05) is 12.5 Å². The summed E-state index contributed by atoms with van der Waals surface area (Å²) in [5, 5.41) is 0. The molecule has 0 saturated carbocycles. The summed E-state index contributed by atoms with van der Waals surface area (Å²) in [5.74, 6) is 0.877. The van der Waals surface area contributed by atoms with Crippen LogP contribution in [0.3, 0.4) is 0 Å². The van der Waals surface area contributed by atoms with Gasteiger partial charge in [0.05, 0.1) is 13.7 Å². The Morgan fingerprint density at radius 1 is 0.931 bits per heavy atom. The molecule has 1 aromatic rings. The Balaban J connectivity index is 2.07. The van der Waals surface area contributed by atoms with E-state index in [1.807, 2.05) is 6.92 Å². The topological polar surface area (TPSA) is 38.8 Å². The molecule has 0 radical (unpaired) electrons. The van der Waals surface area contributed by atoms with Gasteiger partial charge in [0.15, 0.2) is 0 Å². The number of likely N-dealkylation sites (N-methyl/N-ethyl adjacent to an activating group) is 1. The van der Waals surface area contributed by atoms with Crippen LogP contribution < -0.4 is 4.74 Å². The first-order valence-corrected chi connectivity index (χ1v) is 11.6. The van der Waals surface area contributed by atoms with E-state index < -0.39 is 0 Å². The maximum atomic E-state index is 11.3. The number of benzene rings is 1. The van der Waals surface area contributed by atoms with E-state index in [1.165, 1.54) is 50.6 Å². The van der Waals surface area contributed by atoms with Crippen LogP contribution in [0.15, 0.2) is 24.3 Å². The number of methoxy groups -OCH3 is 1. The first-order chi connectivity index (χ1) is 14.1.